The Labute approximate surface area is 125 Å². The first-order chi connectivity index (χ1) is 10.2. The zero-order valence-electron chi connectivity index (χ0n) is 12.6. The lowest BCUT2D eigenvalue weighted by molar-refractivity contribution is 0.270. The number of methoxy groups -OCH3 is 2. The Hall–Kier alpha value is -2.20. The third kappa shape index (κ3) is 3.67. The van der Waals surface area contributed by atoms with E-state index < -0.39 is 0 Å². The molecule has 0 aliphatic carbocycles. The van der Waals surface area contributed by atoms with E-state index in [1.54, 1.807) is 14.2 Å². The van der Waals surface area contributed by atoms with Gasteiger partial charge in [-0.2, -0.15) is 0 Å². The molecular formula is C17H21NO3. The standard InChI is InChI=1S/C17H21NO3/c1-12-8-9-16(17(10-12)20-3)21-11-14(18)13-6-4-5-7-15(13)19-2/h4-10,14H,11,18H2,1-3H3. The Morgan fingerprint density at radius 1 is 0.952 bits per heavy atom. The maximum atomic E-state index is 6.19. The molecule has 4 nitrogen and oxygen atoms in total. The summed E-state index contributed by atoms with van der Waals surface area (Å²) < 4.78 is 16.4. The zero-order chi connectivity index (χ0) is 15.2. The monoisotopic (exact) mass is 287 g/mol. The van der Waals surface area contributed by atoms with E-state index >= 15 is 0 Å². The highest BCUT2D eigenvalue weighted by Crippen LogP contribution is 2.29. The van der Waals surface area contributed by atoms with Gasteiger partial charge < -0.3 is 19.9 Å². The molecule has 0 aliphatic rings. The van der Waals surface area contributed by atoms with Crippen molar-refractivity contribution in [2.75, 3.05) is 20.8 Å². The van der Waals surface area contributed by atoms with Gasteiger partial charge in [-0.15, -0.1) is 0 Å². The Kier molecular flexibility index (Phi) is 5.06. The predicted octanol–water partition coefficient (Wildman–Crippen LogP) is 3.09. The molecule has 2 aromatic rings. The number of rotatable bonds is 6. The Balaban J connectivity index is 2.09. The summed E-state index contributed by atoms with van der Waals surface area (Å²) in [6.45, 7) is 2.35. The molecule has 0 amide bonds. The molecule has 0 aromatic heterocycles. The van der Waals surface area contributed by atoms with Crippen LogP contribution in [0.5, 0.6) is 17.2 Å². The predicted molar refractivity (Wildman–Crippen MR) is 83.1 cm³/mol. The lowest BCUT2D eigenvalue weighted by Crippen LogP contribution is -2.19. The third-order valence-corrected chi connectivity index (χ3v) is 3.28. The molecule has 0 heterocycles. The molecule has 112 valence electrons. The lowest BCUT2D eigenvalue weighted by atomic mass is 10.1. The summed E-state index contributed by atoms with van der Waals surface area (Å²) in [6.07, 6.45) is 0. The molecule has 1 unspecified atom stereocenters. The fraction of sp³-hybridized carbons (Fsp3) is 0.294. The zero-order valence-corrected chi connectivity index (χ0v) is 12.6. The molecule has 0 saturated carbocycles. The summed E-state index contributed by atoms with van der Waals surface area (Å²) in [5, 5.41) is 0. The molecule has 1 atom stereocenters. The number of nitrogens with two attached hydrogens (primary N) is 1. The van der Waals surface area contributed by atoms with Crippen LogP contribution in [0.3, 0.4) is 0 Å². The first-order valence-electron chi connectivity index (χ1n) is 6.81. The Morgan fingerprint density at radius 2 is 1.67 bits per heavy atom. The fourth-order valence-corrected chi connectivity index (χ4v) is 2.14. The molecule has 0 bridgehead atoms. The number of hydrogen-bond acceptors (Lipinski definition) is 4. The fourth-order valence-electron chi connectivity index (χ4n) is 2.14. The van der Waals surface area contributed by atoms with Crippen molar-refractivity contribution < 1.29 is 14.2 Å². The van der Waals surface area contributed by atoms with Gasteiger partial charge in [-0.3, -0.25) is 0 Å². The van der Waals surface area contributed by atoms with Crippen LogP contribution in [0.25, 0.3) is 0 Å². The molecule has 0 saturated heterocycles. The van der Waals surface area contributed by atoms with E-state index in [2.05, 4.69) is 0 Å². The van der Waals surface area contributed by atoms with E-state index in [4.69, 9.17) is 19.9 Å². The molecule has 21 heavy (non-hydrogen) atoms. The van der Waals surface area contributed by atoms with Gasteiger partial charge in [0.1, 0.15) is 12.4 Å². The highest BCUT2D eigenvalue weighted by Gasteiger charge is 2.13. The second-order valence-corrected chi connectivity index (χ2v) is 4.81. The Bertz CT molecular complexity index is 598. The summed E-state index contributed by atoms with van der Waals surface area (Å²) in [4.78, 5) is 0. The second-order valence-electron chi connectivity index (χ2n) is 4.81. The third-order valence-electron chi connectivity index (χ3n) is 3.28. The molecular weight excluding hydrogens is 266 g/mol. The maximum Gasteiger partial charge on any atom is 0.161 e. The van der Waals surface area contributed by atoms with Crippen molar-refractivity contribution in [2.24, 2.45) is 5.73 Å². The number of aryl methyl sites for hydroxylation is 1. The van der Waals surface area contributed by atoms with Crippen LogP contribution in [0.15, 0.2) is 42.5 Å². The van der Waals surface area contributed by atoms with Gasteiger partial charge in [-0.1, -0.05) is 24.3 Å². The van der Waals surface area contributed by atoms with Gasteiger partial charge in [0.25, 0.3) is 0 Å². The normalized spacial score (nSPS) is 11.8. The summed E-state index contributed by atoms with van der Waals surface area (Å²) in [5.74, 6) is 2.17. The minimum absolute atomic E-state index is 0.271. The topological polar surface area (TPSA) is 53.7 Å². The molecule has 0 radical (unpaired) electrons. The van der Waals surface area contributed by atoms with Crippen molar-refractivity contribution in [2.45, 2.75) is 13.0 Å². The van der Waals surface area contributed by atoms with Gasteiger partial charge in [0, 0.05) is 5.56 Å². The number of ether oxygens (including phenoxy) is 3. The maximum absolute atomic E-state index is 6.19. The molecule has 2 rings (SSSR count). The molecule has 0 spiro atoms. The number of benzene rings is 2. The van der Waals surface area contributed by atoms with Crippen molar-refractivity contribution in [1.82, 2.24) is 0 Å². The highest BCUT2D eigenvalue weighted by molar-refractivity contribution is 5.43. The quantitative estimate of drug-likeness (QED) is 0.887. The van der Waals surface area contributed by atoms with Crippen LogP contribution >= 0.6 is 0 Å². The molecule has 2 N–H and O–H groups in total. The van der Waals surface area contributed by atoms with Gasteiger partial charge in [-0.05, 0) is 30.7 Å². The average Bonchev–Trinajstić information content (AvgIpc) is 2.53. The first-order valence-corrected chi connectivity index (χ1v) is 6.81. The van der Waals surface area contributed by atoms with E-state index in [0.29, 0.717) is 18.1 Å². The van der Waals surface area contributed by atoms with Crippen molar-refractivity contribution in [1.29, 1.82) is 0 Å². The van der Waals surface area contributed by atoms with Crippen molar-refractivity contribution >= 4 is 0 Å². The van der Waals surface area contributed by atoms with Crippen LogP contribution in [-0.4, -0.2) is 20.8 Å². The van der Waals surface area contributed by atoms with Gasteiger partial charge in [0.05, 0.1) is 20.3 Å². The van der Waals surface area contributed by atoms with Gasteiger partial charge in [0.2, 0.25) is 0 Å². The first kappa shape index (κ1) is 15.2. The minimum atomic E-state index is -0.271. The number of hydrogen-bond donors (Lipinski definition) is 1. The van der Waals surface area contributed by atoms with Crippen molar-refractivity contribution in [3.63, 3.8) is 0 Å². The van der Waals surface area contributed by atoms with Crippen LogP contribution in [0.1, 0.15) is 17.2 Å². The van der Waals surface area contributed by atoms with Crippen LogP contribution in [0.4, 0.5) is 0 Å². The van der Waals surface area contributed by atoms with Crippen molar-refractivity contribution in [3.05, 3.63) is 53.6 Å². The average molecular weight is 287 g/mol. The van der Waals surface area contributed by atoms with E-state index in [1.807, 2.05) is 49.4 Å². The summed E-state index contributed by atoms with van der Waals surface area (Å²) in [6, 6.07) is 13.2. The van der Waals surface area contributed by atoms with E-state index in [9.17, 15) is 0 Å². The van der Waals surface area contributed by atoms with Gasteiger partial charge in [-0.25, -0.2) is 0 Å². The van der Waals surface area contributed by atoms with E-state index in [-0.39, 0.29) is 6.04 Å². The van der Waals surface area contributed by atoms with Crippen LogP contribution in [0, 0.1) is 6.92 Å². The van der Waals surface area contributed by atoms with E-state index in [0.717, 1.165) is 16.9 Å². The lowest BCUT2D eigenvalue weighted by Gasteiger charge is -2.17. The summed E-state index contributed by atoms with van der Waals surface area (Å²) in [7, 11) is 3.26. The summed E-state index contributed by atoms with van der Waals surface area (Å²) >= 11 is 0. The van der Waals surface area contributed by atoms with Crippen LogP contribution in [0.2, 0.25) is 0 Å². The highest BCUT2D eigenvalue weighted by atomic mass is 16.5. The molecule has 0 fully saturated rings. The Morgan fingerprint density at radius 3 is 2.38 bits per heavy atom. The van der Waals surface area contributed by atoms with Crippen LogP contribution in [-0.2, 0) is 0 Å². The smallest absolute Gasteiger partial charge is 0.161 e. The minimum Gasteiger partial charge on any atom is -0.496 e. The largest absolute Gasteiger partial charge is 0.496 e. The van der Waals surface area contributed by atoms with Crippen LogP contribution < -0.4 is 19.9 Å². The second kappa shape index (κ2) is 6.99. The number of para-hydroxylation sites is 1. The molecule has 2 aromatic carbocycles. The molecule has 4 heteroatoms. The van der Waals surface area contributed by atoms with Gasteiger partial charge >= 0.3 is 0 Å². The van der Waals surface area contributed by atoms with E-state index in [1.165, 1.54) is 0 Å². The SMILES string of the molecule is COc1cc(C)ccc1OCC(N)c1ccccc1OC. The molecule has 0 aliphatic heterocycles. The summed E-state index contributed by atoms with van der Waals surface area (Å²) in [5.41, 5.74) is 8.24. The van der Waals surface area contributed by atoms with Crippen molar-refractivity contribution in [3.8, 4) is 17.2 Å². The van der Waals surface area contributed by atoms with Gasteiger partial charge in [0.15, 0.2) is 11.5 Å².